The van der Waals surface area contributed by atoms with Crippen molar-refractivity contribution in [1.29, 1.82) is 0 Å². The summed E-state index contributed by atoms with van der Waals surface area (Å²) in [4.78, 5) is 31.0. The van der Waals surface area contributed by atoms with Gasteiger partial charge in [0.1, 0.15) is 12.4 Å². The first-order chi connectivity index (χ1) is 17.9. The fraction of sp³-hybridized carbons (Fsp3) is 0.320. The molecular formula is C25H23F3N2O7S. The number of para-hydroxylation sites is 1. The third-order valence-corrected chi connectivity index (χ3v) is 7.83. The minimum Gasteiger partial charge on any atom is -0.489 e. The van der Waals surface area contributed by atoms with Crippen LogP contribution >= 0.6 is 0 Å². The maximum absolute atomic E-state index is 13.0. The van der Waals surface area contributed by atoms with E-state index in [1.807, 2.05) is 37.3 Å². The minimum absolute atomic E-state index is 0.0229. The van der Waals surface area contributed by atoms with E-state index in [9.17, 15) is 31.2 Å². The highest BCUT2D eigenvalue weighted by molar-refractivity contribution is 7.91. The highest BCUT2D eigenvalue weighted by Crippen LogP contribution is 2.35. The molecule has 202 valence electrons. The van der Waals surface area contributed by atoms with Gasteiger partial charge in [-0.2, -0.15) is 18.7 Å². The molecule has 0 bridgehead atoms. The van der Waals surface area contributed by atoms with Crippen molar-refractivity contribution in [1.82, 2.24) is 10.5 Å². The van der Waals surface area contributed by atoms with E-state index >= 15 is 0 Å². The molecule has 0 aliphatic carbocycles. The Hall–Kier alpha value is -3.71. The minimum atomic E-state index is -5.28. The molecule has 2 aromatic carbocycles. The number of hydrogen-bond acceptors (Lipinski definition) is 8. The van der Waals surface area contributed by atoms with Gasteiger partial charge in [0.2, 0.25) is 0 Å². The number of rotatable bonds is 8. The predicted molar refractivity (Wildman–Crippen MR) is 127 cm³/mol. The summed E-state index contributed by atoms with van der Waals surface area (Å²) in [5, 5.41) is 0.947. The third kappa shape index (κ3) is 6.40. The van der Waals surface area contributed by atoms with E-state index in [-0.39, 0.29) is 24.7 Å². The van der Waals surface area contributed by atoms with Crippen LogP contribution in [0.3, 0.4) is 0 Å². The van der Waals surface area contributed by atoms with E-state index in [0.29, 0.717) is 5.75 Å². The molecule has 1 aliphatic rings. The summed E-state index contributed by atoms with van der Waals surface area (Å²) in [7, 11) is -3.91. The maximum atomic E-state index is 13.0. The summed E-state index contributed by atoms with van der Waals surface area (Å²) >= 11 is 0. The van der Waals surface area contributed by atoms with Crippen molar-refractivity contribution in [2.24, 2.45) is 5.41 Å². The SMILES string of the molecule is Cc1cc(COc2ccc(S(=O)(=O)CC3(CC(=O)NOC(=O)C(F)(F)F)COC3)cc2)c2ccccc2n1. The molecule has 0 unspecified atom stereocenters. The number of hydrogen-bond donors (Lipinski definition) is 1. The van der Waals surface area contributed by atoms with E-state index in [2.05, 4.69) is 9.82 Å². The van der Waals surface area contributed by atoms with Crippen LogP contribution in [0.1, 0.15) is 17.7 Å². The number of amides is 1. The number of nitrogens with one attached hydrogen (secondary N) is 1. The molecule has 0 saturated carbocycles. The Morgan fingerprint density at radius 3 is 2.42 bits per heavy atom. The second kappa shape index (κ2) is 10.6. The number of sulfone groups is 1. The van der Waals surface area contributed by atoms with Crippen molar-refractivity contribution in [2.45, 2.75) is 31.0 Å². The summed E-state index contributed by atoms with van der Waals surface area (Å²) in [5.74, 6) is -3.73. The molecule has 2 heterocycles. The van der Waals surface area contributed by atoms with Gasteiger partial charge < -0.3 is 14.3 Å². The van der Waals surface area contributed by atoms with Gasteiger partial charge >= 0.3 is 12.1 Å². The molecule has 1 aliphatic heterocycles. The number of carbonyl (C=O) groups is 2. The van der Waals surface area contributed by atoms with Crippen LogP contribution in [0.5, 0.6) is 5.75 Å². The van der Waals surface area contributed by atoms with Gasteiger partial charge in [-0.05, 0) is 43.3 Å². The quantitative estimate of drug-likeness (QED) is 0.422. The molecule has 4 rings (SSSR count). The molecule has 0 spiro atoms. The molecule has 3 aromatic rings. The Morgan fingerprint density at radius 1 is 1.11 bits per heavy atom. The molecule has 1 aromatic heterocycles. The number of ether oxygens (including phenoxy) is 2. The smallest absolute Gasteiger partial charge is 0.489 e. The van der Waals surface area contributed by atoms with Gasteiger partial charge in [0.15, 0.2) is 9.84 Å². The fourth-order valence-electron chi connectivity index (χ4n) is 4.07. The van der Waals surface area contributed by atoms with Gasteiger partial charge in [0.25, 0.3) is 5.91 Å². The number of carbonyl (C=O) groups excluding carboxylic acids is 2. The van der Waals surface area contributed by atoms with Crippen LogP contribution in [0.25, 0.3) is 10.9 Å². The van der Waals surface area contributed by atoms with Gasteiger partial charge in [-0.25, -0.2) is 13.2 Å². The van der Waals surface area contributed by atoms with Crippen molar-refractivity contribution >= 4 is 32.6 Å². The second-order valence-electron chi connectivity index (χ2n) is 9.04. The van der Waals surface area contributed by atoms with Gasteiger partial charge in [0.05, 0.1) is 29.4 Å². The number of hydroxylamine groups is 1. The van der Waals surface area contributed by atoms with E-state index < -0.39 is 45.5 Å². The monoisotopic (exact) mass is 552 g/mol. The number of nitrogens with zero attached hydrogens (tertiary/aromatic N) is 1. The molecular weight excluding hydrogens is 529 g/mol. The van der Waals surface area contributed by atoms with E-state index in [4.69, 9.17) is 9.47 Å². The first-order valence-corrected chi connectivity index (χ1v) is 13.0. The molecule has 0 atom stereocenters. The average molecular weight is 553 g/mol. The molecule has 38 heavy (non-hydrogen) atoms. The predicted octanol–water partition coefficient (Wildman–Crippen LogP) is 3.44. The third-order valence-electron chi connectivity index (χ3n) is 5.84. The Morgan fingerprint density at radius 2 is 1.79 bits per heavy atom. The Kier molecular flexibility index (Phi) is 7.61. The van der Waals surface area contributed by atoms with Crippen LogP contribution in [0, 0.1) is 12.3 Å². The number of halogens is 3. The molecule has 1 fully saturated rings. The molecule has 13 heteroatoms. The van der Waals surface area contributed by atoms with Gasteiger partial charge in [-0.3, -0.25) is 9.78 Å². The van der Waals surface area contributed by atoms with Crippen molar-refractivity contribution in [3.8, 4) is 5.75 Å². The summed E-state index contributed by atoms with van der Waals surface area (Å²) in [6.07, 6.45) is -5.80. The van der Waals surface area contributed by atoms with E-state index in [0.717, 1.165) is 22.2 Å². The normalized spacial score (nSPS) is 14.9. The lowest BCUT2D eigenvalue weighted by atomic mass is 9.84. The second-order valence-corrected chi connectivity index (χ2v) is 11.0. The zero-order valence-electron chi connectivity index (χ0n) is 20.1. The molecule has 1 N–H and O–H groups in total. The molecule has 0 radical (unpaired) electrons. The Balaban J connectivity index is 1.38. The zero-order valence-corrected chi connectivity index (χ0v) is 20.9. The van der Waals surface area contributed by atoms with Crippen LogP contribution in [0.15, 0.2) is 59.5 Å². The number of pyridine rings is 1. The van der Waals surface area contributed by atoms with E-state index in [1.54, 1.807) is 0 Å². The Labute approximate surface area is 215 Å². The summed E-state index contributed by atoms with van der Waals surface area (Å²) in [5.41, 5.74) is 2.84. The van der Waals surface area contributed by atoms with Crippen molar-refractivity contribution in [3.05, 3.63) is 65.9 Å². The maximum Gasteiger partial charge on any atom is 0.493 e. The lowest BCUT2D eigenvalue weighted by Crippen LogP contribution is -2.50. The van der Waals surface area contributed by atoms with Crippen molar-refractivity contribution < 1.29 is 45.5 Å². The molecule has 1 saturated heterocycles. The number of aryl methyl sites for hydroxylation is 1. The van der Waals surface area contributed by atoms with E-state index in [1.165, 1.54) is 29.7 Å². The fourth-order valence-corrected chi connectivity index (χ4v) is 5.86. The number of benzene rings is 2. The number of fused-ring (bicyclic) bond motifs is 1. The van der Waals surface area contributed by atoms with Crippen molar-refractivity contribution in [2.75, 3.05) is 19.0 Å². The van der Waals surface area contributed by atoms with Crippen LogP contribution in [0.2, 0.25) is 0 Å². The van der Waals surface area contributed by atoms with Crippen molar-refractivity contribution in [3.63, 3.8) is 0 Å². The summed E-state index contributed by atoms with van der Waals surface area (Å²) < 4.78 is 73.7. The summed E-state index contributed by atoms with van der Waals surface area (Å²) in [6, 6.07) is 15.3. The highest BCUT2D eigenvalue weighted by Gasteiger charge is 2.46. The van der Waals surface area contributed by atoms with Crippen LogP contribution in [-0.2, 0) is 35.6 Å². The summed E-state index contributed by atoms with van der Waals surface area (Å²) in [6.45, 7) is 1.92. The first kappa shape index (κ1) is 27.3. The number of alkyl halides is 3. The number of aromatic nitrogens is 1. The highest BCUT2D eigenvalue weighted by atomic mass is 32.2. The molecule has 1 amide bonds. The topological polar surface area (TPSA) is 121 Å². The zero-order chi connectivity index (χ0) is 27.6. The average Bonchev–Trinajstić information content (AvgIpc) is 2.84. The van der Waals surface area contributed by atoms with Gasteiger partial charge in [0, 0.05) is 28.5 Å². The lowest BCUT2D eigenvalue weighted by Gasteiger charge is -2.40. The Bertz CT molecular complexity index is 1450. The van der Waals surface area contributed by atoms with Gasteiger partial charge in [-0.1, -0.05) is 18.2 Å². The van der Waals surface area contributed by atoms with Crippen LogP contribution in [-0.4, -0.2) is 50.4 Å². The van der Waals surface area contributed by atoms with Gasteiger partial charge in [-0.15, -0.1) is 0 Å². The lowest BCUT2D eigenvalue weighted by molar-refractivity contribution is -0.208. The largest absolute Gasteiger partial charge is 0.493 e. The van der Waals surface area contributed by atoms with Crippen LogP contribution in [0.4, 0.5) is 13.2 Å². The first-order valence-electron chi connectivity index (χ1n) is 11.3. The standard InChI is InChI=1S/C25H23F3N2O7S/c1-16-10-17(20-4-2-3-5-21(20)29-16)12-36-18-6-8-19(9-7-18)38(33,34)15-24(13-35-14-24)11-22(31)30-37-23(32)25(26,27)28/h2-10H,11-15H2,1H3,(H,30,31). The molecule has 9 nitrogen and oxygen atoms in total. The van der Waals surface area contributed by atoms with Crippen LogP contribution < -0.4 is 10.2 Å².